The zero-order valence-corrected chi connectivity index (χ0v) is 20.9. The van der Waals surface area contributed by atoms with Gasteiger partial charge in [-0.05, 0) is 12.1 Å². The van der Waals surface area contributed by atoms with Crippen molar-refractivity contribution in [2.75, 3.05) is 0 Å². The maximum atomic E-state index is 13.4. The molecule has 0 amide bonds. The molecule has 4 aromatic heterocycles. The lowest BCUT2D eigenvalue weighted by atomic mass is 10.1. The Balaban J connectivity index is 1.80. The molecule has 14 nitrogen and oxygen atoms in total. The molecular weight excluding hydrogens is 522 g/mol. The fraction of sp³-hybridized carbons (Fsp3) is 0.261. The van der Waals surface area contributed by atoms with Crippen LogP contribution in [0.15, 0.2) is 43.4 Å². The second kappa shape index (κ2) is 9.00. The molecule has 4 heterocycles. The van der Waals surface area contributed by atoms with E-state index in [9.17, 15) is 32.8 Å². The molecule has 39 heavy (non-hydrogen) atoms. The van der Waals surface area contributed by atoms with Crippen LogP contribution in [0, 0.1) is 0 Å². The third-order valence-electron chi connectivity index (χ3n) is 6.36. The molecule has 0 spiro atoms. The normalized spacial score (nSPS) is 11.7. The number of ketones is 1. The molecule has 0 unspecified atom stereocenters. The number of carbonyl (C=O) groups is 1. The molecule has 0 aliphatic carbocycles. The number of benzene rings is 1. The van der Waals surface area contributed by atoms with Gasteiger partial charge in [0, 0.05) is 28.2 Å². The van der Waals surface area contributed by atoms with Crippen LogP contribution in [0.25, 0.3) is 34.0 Å². The number of carbonyl (C=O) groups excluding carboxylic acids is 1. The molecule has 5 aromatic rings. The first-order chi connectivity index (χ1) is 18.4. The first kappa shape index (κ1) is 25.5. The number of halogens is 2. The number of nitrogens with zero attached hydrogens (tertiary/aromatic N) is 7. The molecule has 0 aliphatic rings. The topological polar surface area (TPSA) is 161 Å². The van der Waals surface area contributed by atoms with Gasteiger partial charge in [0.25, 0.3) is 11.1 Å². The second-order valence-electron chi connectivity index (χ2n) is 8.69. The predicted octanol–water partition coefficient (Wildman–Crippen LogP) is -0.141. The van der Waals surface area contributed by atoms with Crippen molar-refractivity contribution in [3.05, 3.63) is 71.5 Å². The van der Waals surface area contributed by atoms with Gasteiger partial charge in [-0.15, -0.1) is 0 Å². The van der Waals surface area contributed by atoms with Crippen molar-refractivity contribution in [1.29, 1.82) is 0 Å². The van der Waals surface area contributed by atoms with Gasteiger partial charge in [-0.25, -0.2) is 19.6 Å². The van der Waals surface area contributed by atoms with Gasteiger partial charge in [0.15, 0.2) is 34.2 Å². The number of fused-ring (bicyclic) bond motifs is 2. The van der Waals surface area contributed by atoms with E-state index in [-0.39, 0.29) is 45.3 Å². The molecular formula is C23H20F2N8O6. The maximum Gasteiger partial charge on any atom is 0.387 e. The van der Waals surface area contributed by atoms with E-state index in [1.807, 2.05) is 0 Å². The lowest BCUT2D eigenvalue weighted by Gasteiger charge is -2.11. The van der Waals surface area contributed by atoms with Crippen molar-refractivity contribution < 1.29 is 18.3 Å². The largest absolute Gasteiger partial charge is 0.434 e. The Bertz CT molecular complexity index is 2060. The van der Waals surface area contributed by atoms with Crippen LogP contribution in [0.1, 0.15) is 10.4 Å². The average molecular weight is 542 g/mol. The highest BCUT2D eigenvalue weighted by atomic mass is 19.3. The number of aryl methyl sites for hydroxylation is 2. The Morgan fingerprint density at radius 2 is 1.51 bits per heavy atom. The third-order valence-corrected chi connectivity index (χ3v) is 6.36. The summed E-state index contributed by atoms with van der Waals surface area (Å²) in [4.78, 5) is 75.7. The van der Waals surface area contributed by atoms with Crippen molar-refractivity contribution in [2.45, 2.75) is 13.2 Å². The smallest absolute Gasteiger partial charge is 0.387 e. The standard InChI is InChI=1S/C23H20F2N8O6/c1-29-16-13(19(35)31(3)22(29)37)26-15(27-16)18-28-17-14(20(36)32(4)23(38)30(17)2)33(18)9-11(34)10-7-5-6-8-12(10)39-21(24)25/h5-8,21H,9H2,1-4H3,(H,26,27). The average Bonchev–Trinajstić information content (AvgIpc) is 3.51. The van der Waals surface area contributed by atoms with Gasteiger partial charge in [-0.2, -0.15) is 8.78 Å². The fourth-order valence-corrected chi connectivity index (χ4v) is 4.34. The summed E-state index contributed by atoms with van der Waals surface area (Å²) in [6.07, 6.45) is 0. The highest BCUT2D eigenvalue weighted by molar-refractivity contribution is 5.99. The molecule has 16 heteroatoms. The lowest BCUT2D eigenvalue weighted by molar-refractivity contribution is -0.0501. The molecule has 0 saturated heterocycles. The summed E-state index contributed by atoms with van der Waals surface area (Å²) in [5.41, 5.74) is -3.27. The van der Waals surface area contributed by atoms with E-state index in [2.05, 4.69) is 19.7 Å². The summed E-state index contributed by atoms with van der Waals surface area (Å²) in [7, 11) is 5.31. The van der Waals surface area contributed by atoms with Crippen LogP contribution in [-0.2, 0) is 34.7 Å². The molecule has 0 fully saturated rings. The van der Waals surface area contributed by atoms with E-state index in [1.165, 1.54) is 57.0 Å². The van der Waals surface area contributed by atoms with Gasteiger partial charge in [-0.3, -0.25) is 32.7 Å². The number of imidazole rings is 2. The SMILES string of the molecule is Cn1c(=O)c2[nH]c(-c3nc4c(c(=O)n(C)c(=O)n4C)n3CC(=O)c3ccccc3OC(F)F)nc2n(C)c1=O. The predicted molar refractivity (Wildman–Crippen MR) is 133 cm³/mol. The van der Waals surface area contributed by atoms with Crippen molar-refractivity contribution in [3.8, 4) is 17.4 Å². The Morgan fingerprint density at radius 3 is 2.18 bits per heavy atom. The van der Waals surface area contributed by atoms with Crippen molar-refractivity contribution in [1.82, 2.24) is 37.8 Å². The summed E-state index contributed by atoms with van der Waals surface area (Å²) in [5, 5.41) is 0. The number of nitrogens with one attached hydrogen (secondary N) is 1. The van der Waals surface area contributed by atoms with Crippen LogP contribution in [-0.4, -0.2) is 50.2 Å². The van der Waals surface area contributed by atoms with Crippen LogP contribution >= 0.6 is 0 Å². The number of aromatic amines is 1. The molecule has 0 aliphatic heterocycles. The summed E-state index contributed by atoms with van der Waals surface area (Å²) in [5.74, 6) is -1.29. The van der Waals surface area contributed by atoms with Gasteiger partial charge >= 0.3 is 18.0 Å². The van der Waals surface area contributed by atoms with E-state index >= 15 is 0 Å². The first-order valence-electron chi connectivity index (χ1n) is 11.3. The molecule has 0 radical (unpaired) electrons. The quantitative estimate of drug-likeness (QED) is 0.290. The highest BCUT2D eigenvalue weighted by Crippen LogP contribution is 2.25. The maximum absolute atomic E-state index is 13.4. The Labute approximate surface area is 215 Å². The van der Waals surface area contributed by atoms with Crippen molar-refractivity contribution in [2.24, 2.45) is 28.2 Å². The van der Waals surface area contributed by atoms with Gasteiger partial charge in [0.1, 0.15) is 11.3 Å². The molecule has 5 rings (SSSR count). The lowest BCUT2D eigenvalue weighted by Crippen LogP contribution is -2.37. The first-order valence-corrected chi connectivity index (χ1v) is 11.3. The van der Waals surface area contributed by atoms with Crippen LogP contribution < -0.4 is 27.2 Å². The number of hydrogen-bond acceptors (Lipinski definition) is 8. The molecule has 0 saturated carbocycles. The summed E-state index contributed by atoms with van der Waals surface area (Å²) in [6.45, 7) is -3.79. The zero-order valence-electron chi connectivity index (χ0n) is 20.9. The van der Waals surface area contributed by atoms with Crippen LogP contribution in [0.3, 0.4) is 0 Å². The number of ether oxygens (including phenoxy) is 1. The monoisotopic (exact) mass is 542 g/mol. The summed E-state index contributed by atoms with van der Waals surface area (Å²) in [6, 6.07) is 5.35. The number of para-hydroxylation sites is 1. The Kier molecular flexibility index (Phi) is 5.88. The number of alkyl halides is 2. The van der Waals surface area contributed by atoms with Crippen LogP contribution in [0.2, 0.25) is 0 Å². The van der Waals surface area contributed by atoms with E-state index < -0.39 is 41.4 Å². The summed E-state index contributed by atoms with van der Waals surface area (Å²) >= 11 is 0. The number of Topliss-reactive ketones (excluding diaryl/α,β-unsaturated/α-hetero) is 1. The Hall–Kier alpha value is -5.15. The third kappa shape index (κ3) is 3.87. The minimum absolute atomic E-state index is 0.0134. The molecule has 202 valence electrons. The molecule has 0 atom stereocenters. The van der Waals surface area contributed by atoms with Gasteiger partial charge < -0.3 is 14.3 Å². The van der Waals surface area contributed by atoms with Gasteiger partial charge in [-0.1, -0.05) is 12.1 Å². The molecule has 1 aromatic carbocycles. The van der Waals surface area contributed by atoms with Crippen molar-refractivity contribution in [3.63, 3.8) is 0 Å². The number of H-pyrrole nitrogens is 1. The highest BCUT2D eigenvalue weighted by Gasteiger charge is 2.26. The fourth-order valence-electron chi connectivity index (χ4n) is 4.34. The molecule has 1 N–H and O–H groups in total. The zero-order chi connectivity index (χ0) is 28.3. The van der Waals surface area contributed by atoms with Crippen LogP contribution in [0.4, 0.5) is 8.78 Å². The van der Waals surface area contributed by atoms with Crippen LogP contribution in [0.5, 0.6) is 5.75 Å². The van der Waals surface area contributed by atoms with E-state index in [4.69, 9.17) is 0 Å². The van der Waals surface area contributed by atoms with E-state index in [1.54, 1.807) is 0 Å². The number of hydrogen-bond donors (Lipinski definition) is 1. The van der Waals surface area contributed by atoms with Gasteiger partial charge in [0.05, 0.1) is 12.1 Å². The minimum Gasteiger partial charge on any atom is -0.434 e. The van der Waals surface area contributed by atoms with E-state index in [0.717, 1.165) is 18.3 Å². The van der Waals surface area contributed by atoms with E-state index in [0.29, 0.717) is 0 Å². The number of aromatic nitrogens is 8. The Morgan fingerprint density at radius 1 is 0.897 bits per heavy atom. The molecule has 0 bridgehead atoms. The minimum atomic E-state index is -3.18. The summed E-state index contributed by atoms with van der Waals surface area (Å²) < 4.78 is 35.4. The second-order valence-corrected chi connectivity index (χ2v) is 8.69. The van der Waals surface area contributed by atoms with Gasteiger partial charge in [0.2, 0.25) is 0 Å². The van der Waals surface area contributed by atoms with Crippen molar-refractivity contribution >= 4 is 28.1 Å². The number of rotatable bonds is 6.